The molecule has 0 aromatic carbocycles. The number of hydrogen-bond acceptors (Lipinski definition) is 5. The van der Waals surface area contributed by atoms with Crippen LogP contribution < -0.4 is 5.32 Å². The molecule has 0 amide bonds. The van der Waals surface area contributed by atoms with Crippen molar-refractivity contribution < 1.29 is 5.11 Å². The van der Waals surface area contributed by atoms with Crippen LogP contribution in [-0.2, 0) is 12.3 Å². The van der Waals surface area contributed by atoms with Crippen molar-refractivity contribution in [3.63, 3.8) is 0 Å². The Morgan fingerprint density at radius 1 is 1.33 bits per heavy atom. The summed E-state index contributed by atoms with van der Waals surface area (Å²) in [6, 6.07) is 6.19. The van der Waals surface area contributed by atoms with Gasteiger partial charge in [-0.2, -0.15) is 23.1 Å². The lowest BCUT2D eigenvalue weighted by Gasteiger charge is -2.06. The SMILES string of the molecule is OCCSCc1ccnc(NCc2ccsc2)c1. The first-order valence-corrected chi connectivity index (χ1v) is 7.87. The molecule has 0 radical (unpaired) electrons. The second-order valence-corrected chi connectivity index (χ2v) is 5.70. The molecule has 2 aromatic rings. The van der Waals surface area contributed by atoms with Gasteiger partial charge in [-0.15, -0.1) is 0 Å². The second-order valence-electron chi connectivity index (χ2n) is 3.81. The maximum atomic E-state index is 8.74. The number of aromatic nitrogens is 1. The monoisotopic (exact) mass is 280 g/mol. The van der Waals surface area contributed by atoms with Gasteiger partial charge < -0.3 is 10.4 Å². The van der Waals surface area contributed by atoms with Gasteiger partial charge in [0.25, 0.3) is 0 Å². The van der Waals surface area contributed by atoms with Crippen molar-refractivity contribution in [2.45, 2.75) is 12.3 Å². The summed E-state index contributed by atoms with van der Waals surface area (Å²) in [6.45, 7) is 1.04. The summed E-state index contributed by atoms with van der Waals surface area (Å²) < 4.78 is 0. The smallest absolute Gasteiger partial charge is 0.126 e. The summed E-state index contributed by atoms with van der Waals surface area (Å²) in [4.78, 5) is 4.30. The Morgan fingerprint density at radius 2 is 2.28 bits per heavy atom. The highest BCUT2D eigenvalue weighted by molar-refractivity contribution is 7.98. The number of nitrogens with one attached hydrogen (secondary N) is 1. The van der Waals surface area contributed by atoms with E-state index in [4.69, 9.17) is 5.11 Å². The third-order valence-electron chi connectivity index (χ3n) is 2.38. The lowest BCUT2D eigenvalue weighted by Crippen LogP contribution is -2.00. The molecular weight excluding hydrogens is 264 g/mol. The molecule has 3 nitrogen and oxygen atoms in total. The summed E-state index contributed by atoms with van der Waals surface area (Å²) in [5.41, 5.74) is 2.51. The van der Waals surface area contributed by atoms with Crippen LogP contribution in [0.3, 0.4) is 0 Å². The molecule has 5 heteroatoms. The van der Waals surface area contributed by atoms with Crippen LogP contribution >= 0.6 is 23.1 Å². The van der Waals surface area contributed by atoms with E-state index in [-0.39, 0.29) is 6.61 Å². The van der Waals surface area contributed by atoms with Crippen molar-refractivity contribution in [1.29, 1.82) is 0 Å². The van der Waals surface area contributed by atoms with E-state index in [1.54, 1.807) is 23.1 Å². The lowest BCUT2D eigenvalue weighted by atomic mass is 10.3. The maximum absolute atomic E-state index is 8.74. The summed E-state index contributed by atoms with van der Waals surface area (Å²) in [6.07, 6.45) is 1.82. The number of hydrogen-bond donors (Lipinski definition) is 2. The highest BCUT2D eigenvalue weighted by Gasteiger charge is 1.98. The number of aliphatic hydroxyl groups excluding tert-OH is 1. The van der Waals surface area contributed by atoms with Crippen LogP contribution in [0, 0.1) is 0 Å². The van der Waals surface area contributed by atoms with E-state index in [0.29, 0.717) is 0 Å². The molecule has 0 saturated heterocycles. The van der Waals surface area contributed by atoms with Crippen molar-refractivity contribution in [1.82, 2.24) is 4.98 Å². The first-order valence-electron chi connectivity index (χ1n) is 5.77. The van der Waals surface area contributed by atoms with Gasteiger partial charge in [-0.25, -0.2) is 4.98 Å². The molecule has 2 N–H and O–H groups in total. The standard InChI is InChI=1S/C13H16N2OS2/c16-4-6-18-9-11-1-3-14-13(7-11)15-8-12-2-5-17-10-12/h1-3,5,7,10,16H,4,6,8-9H2,(H,14,15). The first-order chi connectivity index (χ1) is 8.88. The van der Waals surface area contributed by atoms with Crippen molar-refractivity contribution in [2.75, 3.05) is 17.7 Å². The van der Waals surface area contributed by atoms with Crippen LogP contribution in [0.5, 0.6) is 0 Å². The topological polar surface area (TPSA) is 45.2 Å². The molecule has 0 fully saturated rings. The van der Waals surface area contributed by atoms with Gasteiger partial charge in [0.05, 0.1) is 6.61 Å². The fourth-order valence-electron chi connectivity index (χ4n) is 1.50. The third kappa shape index (κ3) is 4.33. The second kappa shape index (κ2) is 7.41. The Morgan fingerprint density at radius 3 is 3.06 bits per heavy atom. The van der Waals surface area contributed by atoms with Crippen LogP contribution in [0.1, 0.15) is 11.1 Å². The number of rotatable bonds is 7. The van der Waals surface area contributed by atoms with Crippen LogP contribution in [0.4, 0.5) is 5.82 Å². The van der Waals surface area contributed by atoms with Crippen LogP contribution in [0.15, 0.2) is 35.2 Å². The van der Waals surface area contributed by atoms with Crippen molar-refractivity contribution in [3.8, 4) is 0 Å². The van der Waals surface area contributed by atoms with Crippen molar-refractivity contribution in [2.24, 2.45) is 0 Å². The zero-order valence-electron chi connectivity index (χ0n) is 10.0. The van der Waals surface area contributed by atoms with Gasteiger partial charge in [-0.3, -0.25) is 0 Å². The summed E-state index contributed by atoms with van der Waals surface area (Å²) in [5.74, 6) is 2.60. The van der Waals surface area contributed by atoms with Gasteiger partial charge in [0.2, 0.25) is 0 Å². The average molecular weight is 280 g/mol. The Balaban J connectivity index is 1.86. The molecule has 0 atom stereocenters. The Hall–Kier alpha value is -1.04. The van der Waals surface area contributed by atoms with Crippen LogP contribution in [-0.4, -0.2) is 22.5 Å². The number of thioether (sulfide) groups is 1. The maximum Gasteiger partial charge on any atom is 0.126 e. The molecule has 0 bridgehead atoms. The van der Waals surface area contributed by atoms with E-state index in [0.717, 1.165) is 23.9 Å². The van der Waals surface area contributed by atoms with Gasteiger partial charge in [0, 0.05) is 24.2 Å². The van der Waals surface area contributed by atoms with E-state index < -0.39 is 0 Å². The molecule has 0 aliphatic heterocycles. The zero-order chi connectivity index (χ0) is 12.6. The van der Waals surface area contributed by atoms with E-state index in [2.05, 4.69) is 33.2 Å². The predicted octanol–water partition coefficient (Wildman–Crippen LogP) is 2.98. The Bertz CT molecular complexity index is 460. The molecule has 2 rings (SSSR count). The quantitative estimate of drug-likeness (QED) is 0.765. The molecule has 96 valence electrons. The van der Waals surface area contributed by atoms with E-state index in [1.807, 2.05) is 12.3 Å². The van der Waals surface area contributed by atoms with Gasteiger partial charge in [0.15, 0.2) is 0 Å². The van der Waals surface area contributed by atoms with E-state index in [1.165, 1.54) is 11.1 Å². The lowest BCUT2D eigenvalue weighted by molar-refractivity contribution is 0.322. The third-order valence-corrected chi connectivity index (χ3v) is 4.12. The zero-order valence-corrected chi connectivity index (χ0v) is 11.6. The Kier molecular flexibility index (Phi) is 5.51. The number of thiophene rings is 1. The molecule has 0 unspecified atom stereocenters. The van der Waals surface area contributed by atoms with Gasteiger partial charge in [-0.05, 0) is 40.1 Å². The first kappa shape index (κ1) is 13.4. The Labute approximate surface area is 115 Å². The summed E-state index contributed by atoms with van der Waals surface area (Å²) >= 11 is 3.43. The largest absolute Gasteiger partial charge is 0.396 e. The highest BCUT2D eigenvalue weighted by Crippen LogP contribution is 2.15. The molecule has 2 aromatic heterocycles. The molecule has 18 heavy (non-hydrogen) atoms. The molecule has 0 spiro atoms. The minimum atomic E-state index is 0.235. The molecule has 0 saturated carbocycles. The van der Waals surface area contributed by atoms with Crippen LogP contribution in [0.2, 0.25) is 0 Å². The highest BCUT2D eigenvalue weighted by atomic mass is 32.2. The number of anilines is 1. The minimum Gasteiger partial charge on any atom is -0.396 e. The number of aliphatic hydroxyl groups is 1. The molecule has 2 heterocycles. The molecule has 0 aliphatic rings. The van der Waals surface area contributed by atoms with Gasteiger partial charge >= 0.3 is 0 Å². The van der Waals surface area contributed by atoms with Crippen LogP contribution in [0.25, 0.3) is 0 Å². The number of pyridine rings is 1. The summed E-state index contributed by atoms with van der Waals surface area (Å²) in [5, 5.41) is 16.3. The summed E-state index contributed by atoms with van der Waals surface area (Å²) in [7, 11) is 0. The van der Waals surface area contributed by atoms with Crippen molar-refractivity contribution in [3.05, 3.63) is 46.3 Å². The van der Waals surface area contributed by atoms with Crippen molar-refractivity contribution >= 4 is 28.9 Å². The van der Waals surface area contributed by atoms with Gasteiger partial charge in [0.1, 0.15) is 5.82 Å². The van der Waals surface area contributed by atoms with E-state index in [9.17, 15) is 0 Å². The normalized spacial score (nSPS) is 10.5. The predicted molar refractivity (Wildman–Crippen MR) is 79.1 cm³/mol. The average Bonchev–Trinajstić information content (AvgIpc) is 2.90. The minimum absolute atomic E-state index is 0.235. The number of nitrogens with zero attached hydrogens (tertiary/aromatic N) is 1. The molecular formula is C13H16N2OS2. The molecule has 0 aliphatic carbocycles. The van der Waals surface area contributed by atoms with Gasteiger partial charge in [-0.1, -0.05) is 0 Å². The fraction of sp³-hybridized carbons (Fsp3) is 0.308. The fourth-order valence-corrected chi connectivity index (χ4v) is 2.86. The van der Waals surface area contributed by atoms with E-state index >= 15 is 0 Å².